The van der Waals surface area contributed by atoms with E-state index in [4.69, 9.17) is 9.72 Å². The minimum absolute atomic E-state index is 0.0610. The van der Waals surface area contributed by atoms with Crippen molar-refractivity contribution in [3.05, 3.63) is 65.7 Å². The van der Waals surface area contributed by atoms with Crippen LogP contribution in [0.3, 0.4) is 0 Å². The highest BCUT2D eigenvalue weighted by atomic mass is 16.5. The first-order valence-corrected chi connectivity index (χ1v) is 9.27. The van der Waals surface area contributed by atoms with E-state index in [-0.39, 0.29) is 5.91 Å². The summed E-state index contributed by atoms with van der Waals surface area (Å²) < 4.78 is 4.96. The van der Waals surface area contributed by atoms with Crippen LogP contribution in [0.5, 0.6) is 0 Å². The fourth-order valence-corrected chi connectivity index (χ4v) is 3.64. The molecular weight excluding hydrogens is 338 g/mol. The number of amides is 1. The van der Waals surface area contributed by atoms with E-state index in [0.29, 0.717) is 19.1 Å². The standard InChI is InChI=1S/C22H23N3O2/c1-27-14-13-22(26)25-19-8-4-7-18-17(19)10-12-21(23-18)24-20-11-9-15-5-2-3-6-16(15)20/h2-8,10,12,20H,9,11,13-14H2,1H3,(H,23,24)(H,25,26)/t20-/m1/s1. The number of ether oxygens (including phenoxy) is 1. The van der Waals surface area contributed by atoms with Gasteiger partial charge < -0.3 is 15.4 Å². The molecule has 1 heterocycles. The third-order valence-electron chi connectivity index (χ3n) is 4.99. The van der Waals surface area contributed by atoms with Crippen LogP contribution in [0.1, 0.15) is 30.0 Å². The fourth-order valence-electron chi connectivity index (χ4n) is 3.64. The van der Waals surface area contributed by atoms with E-state index >= 15 is 0 Å². The Bertz CT molecular complexity index is 971. The van der Waals surface area contributed by atoms with Gasteiger partial charge in [-0.15, -0.1) is 0 Å². The van der Waals surface area contributed by atoms with E-state index in [9.17, 15) is 4.79 Å². The number of nitrogens with one attached hydrogen (secondary N) is 2. The molecule has 138 valence electrons. The normalized spacial score (nSPS) is 15.5. The van der Waals surface area contributed by atoms with Crippen LogP contribution in [0.25, 0.3) is 10.9 Å². The van der Waals surface area contributed by atoms with Crippen molar-refractivity contribution in [1.29, 1.82) is 0 Å². The molecule has 0 saturated carbocycles. The number of aromatic nitrogens is 1. The molecule has 2 aromatic carbocycles. The number of fused-ring (bicyclic) bond motifs is 2. The Morgan fingerprint density at radius 1 is 1.15 bits per heavy atom. The third kappa shape index (κ3) is 3.78. The van der Waals surface area contributed by atoms with Gasteiger partial charge in [-0.3, -0.25) is 4.79 Å². The number of carbonyl (C=O) groups is 1. The van der Waals surface area contributed by atoms with Crippen LogP contribution in [0.4, 0.5) is 11.5 Å². The lowest BCUT2D eigenvalue weighted by Crippen LogP contribution is -2.14. The molecule has 1 aromatic heterocycles. The minimum atomic E-state index is -0.0610. The van der Waals surface area contributed by atoms with Gasteiger partial charge in [0.05, 0.1) is 30.3 Å². The summed E-state index contributed by atoms with van der Waals surface area (Å²) in [5.74, 6) is 0.793. The number of aryl methyl sites for hydroxylation is 1. The highest BCUT2D eigenvalue weighted by molar-refractivity contribution is 6.01. The zero-order chi connectivity index (χ0) is 18.6. The molecule has 0 bridgehead atoms. The summed E-state index contributed by atoms with van der Waals surface area (Å²) in [7, 11) is 1.59. The number of carbonyl (C=O) groups excluding carboxylic acids is 1. The topological polar surface area (TPSA) is 63.2 Å². The number of benzene rings is 2. The van der Waals surface area contributed by atoms with E-state index in [1.807, 2.05) is 30.3 Å². The Balaban J connectivity index is 1.54. The Morgan fingerprint density at radius 2 is 2.04 bits per heavy atom. The number of nitrogens with zero attached hydrogens (tertiary/aromatic N) is 1. The molecule has 4 rings (SSSR count). The maximum absolute atomic E-state index is 12.0. The van der Waals surface area contributed by atoms with Crippen LogP contribution in [-0.4, -0.2) is 24.6 Å². The number of hydrogen-bond acceptors (Lipinski definition) is 4. The minimum Gasteiger partial charge on any atom is -0.384 e. The number of anilines is 2. The van der Waals surface area contributed by atoms with E-state index < -0.39 is 0 Å². The second-order valence-corrected chi connectivity index (χ2v) is 6.79. The van der Waals surface area contributed by atoms with Crippen molar-refractivity contribution in [3.63, 3.8) is 0 Å². The summed E-state index contributed by atoms with van der Waals surface area (Å²) in [6, 6.07) is 18.6. The van der Waals surface area contributed by atoms with Gasteiger partial charge in [-0.25, -0.2) is 4.98 Å². The summed E-state index contributed by atoms with van der Waals surface area (Å²) >= 11 is 0. The zero-order valence-corrected chi connectivity index (χ0v) is 15.4. The lowest BCUT2D eigenvalue weighted by atomic mass is 10.1. The lowest BCUT2D eigenvalue weighted by molar-refractivity contribution is -0.117. The summed E-state index contributed by atoms with van der Waals surface area (Å²) in [6.07, 6.45) is 2.51. The van der Waals surface area contributed by atoms with Gasteiger partial charge in [0.25, 0.3) is 0 Å². The van der Waals surface area contributed by atoms with Crippen molar-refractivity contribution >= 4 is 28.3 Å². The molecule has 5 heteroatoms. The van der Waals surface area contributed by atoms with E-state index in [0.717, 1.165) is 35.2 Å². The SMILES string of the molecule is COCCC(=O)Nc1cccc2nc(N[C@@H]3CCc4ccccc43)ccc12. The number of pyridine rings is 1. The molecule has 3 aromatic rings. The van der Waals surface area contributed by atoms with Crippen LogP contribution in [0, 0.1) is 0 Å². The average Bonchev–Trinajstić information content (AvgIpc) is 3.09. The van der Waals surface area contributed by atoms with Crippen LogP contribution >= 0.6 is 0 Å². The van der Waals surface area contributed by atoms with Gasteiger partial charge in [0.1, 0.15) is 5.82 Å². The Hall–Kier alpha value is -2.92. The Kier molecular flexibility index (Phi) is 5.03. The van der Waals surface area contributed by atoms with Gasteiger partial charge in [0.2, 0.25) is 5.91 Å². The van der Waals surface area contributed by atoms with Crippen molar-refractivity contribution in [2.75, 3.05) is 24.4 Å². The van der Waals surface area contributed by atoms with Crippen LogP contribution in [0.15, 0.2) is 54.6 Å². The van der Waals surface area contributed by atoms with E-state index in [1.54, 1.807) is 7.11 Å². The van der Waals surface area contributed by atoms with Gasteiger partial charge in [-0.1, -0.05) is 30.3 Å². The molecule has 1 atom stereocenters. The predicted molar refractivity (Wildman–Crippen MR) is 108 cm³/mol. The van der Waals surface area contributed by atoms with Crippen molar-refractivity contribution in [1.82, 2.24) is 4.98 Å². The Morgan fingerprint density at radius 3 is 2.93 bits per heavy atom. The fraction of sp³-hybridized carbons (Fsp3) is 0.273. The van der Waals surface area contributed by atoms with Crippen molar-refractivity contribution in [2.45, 2.75) is 25.3 Å². The molecule has 1 aliphatic rings. The summed E-state index contributed by atoms with van der Waals surface area (Å²) in [6.45, 7) is 0.409. The second kappa shape index (κ2) is 7.76. The molecule has 2 N–H and O–H groups in total. The van der Waals surface area contributed by atoms with Gasteiger partial charge in [-0.05, 0) is 48.2 Å². The summed E-state index contributed by atoms with van der Waals surface area (Å²) in [4.78, 5) is 16.8. The zero-order valence-electron chi connectivity index (χ0n) is 15.4. The Labute approximate surface area is 158 Å². The van der Waals surface area contributed by atoms with Crippen molar-refractivity contribution in [2.24, 2.45) is 0 Å². The molecule has 0 unspecified atom stereocenters. The highest BCUT2D eigenvalue weighted by Gasteiger charge is 2.22. The molecule has 27 heavy (non-hydrogen) atoms. The van der Waals surface area contributed by atoms with E-state index in [2.05, 4.69) is 34.9 Å². The monoisotopic (exact) mass is 361 g/mol. The van der Waals surface area contributed by atoms with Crippen molar-refractivity contribution in [3.8, 4) is 0 Å². The highest BCUT2D eigenvalue weighted by Crippen LogP contribution is 2.34. The molecule has 0 fully saturated rings. The van der Waals surface area contributed by atoms with E-state index in [1.165, 1.54) is 11.1 Å². The van der Waals surface area contributed by atoms with Gasteiger partial charge >= 0.3 is 0 Å². The quantitative estimate of drug-likeness (QED) is 0.687. The number of hydrogen-bond donors (Lipinski definition) is 2. The third-order valence-corrected chi connectivity index (χ3v) is 4.99. The number of methoxy groups -OCH3 is 1. The average molecular weight is 361 g/mol. The van der Waals surface area contributed by atoms with Crippen LogP contribution in [0.2, 0.25) is 0 Å². The summed E-state index contributed by atoms with van der Waals surface area (Å²) in [5, 5.41) is 7.44. The van der Waals surface area contributed by atoms with Crippen LogP contribution in [-0.2, 0) is 16.0 Å². The molecule has 0 radical (unpaired) electrons. The van der Waals surface area contributed by atoms with Gasteiger partial charge in [-0.2, -0.15) is 0 Å². The molecule has 0 spiro atoms. The number of rotatable bonds is 6. The maximum Gasteiger partial charge on any atom is 0.226 e. The first-order chi connectivity index (χ1) is 13.2. The maximum atomic E-state index is 12.0. The van der Waals surface area contributed by atoms with Crippen molar-refractivity contribution < 1.29 is 9.53 Å². The largest absolute Gasteiger partial charge is 0.384 e. The summed E-state index contributed by atoms with van der Waals surface area (Å²) in [5.41, 5.74) is 4.41. The smallest absolute Gasteiger partial charge is 0.226 e. The molecule has 1 aliphatic carbocycles. The molecule has 1 amide bonds. The molecule has 5 nitrogen and oxygen atoms in total. The first kappa shape index (κ1) is 17.5. The van der Waals surface area contributed by atoms with Crippen LogP contribution < -0.4 is 10.6 Å². The predicted octanol–water partition coefficient (Wildman–Crippen LogP) is 4.31. The lowest BCUT2D eigenvalue weighted by Gasteiger charge is -2.16. The second-order valence-electron chi connectivity index (χ2n) is 6.79. The first-order valence-electron chi connectivity index (χ1n) is 9.27. The molecule has 0 aliphatic heterocycles. The van der Waals surface area contributed by atoms with Gasteiger partial charge in [0, 0.05) is 12.5 Å². The molecule has 0 saturated heterocycles. The van der Waals surface area contributed by atoms with Gasteiger partial charge in [0.15, 0.2) is 0 Å². The molecular formula is C22H23N3O2.